The van der Waals surface area contributed by atoms with Crippen LogP contribution < -0.4 is 31.9 Å². The molecule has 0 spiro atoms. The van der Waals surface area contributed by atoms with Gasteiger partial charge in [-0.3, -0.25) is 67.2 Å². The maximum atomic E-state index is 15.5. The zero-order valence-corrected chi connectivity index (χ0v) is 68.5. The SMILES string of the molecule is CC[C@@H]1NC(=O)[C@H](C(=O)[C@H](C)CCCCCN2CCOCC2)NC(=O)[C@H](C(C)C)N(C)C(=O)[C@H](CC(C)C)N(C)C(=O)[C@H](CC(C)C)N(C)C(=O)[C@@H](C)NC(=O)[C@H](C)NC(=O)[C@H](CC(C)C)N(C)C(=O)[C@H](C(C)C)NC(=O)[C@H](C(C)(C)CN(C)C(=O)[C@@H](NC(=O)OC)C(C)C)N(C)C(=O)[C@@H](C)N(C)C1=O. The number of hydrogen-bond acceptors (Lipinski definition) is 17. The molecule has 0 saturated carbocycles. The van der Waals surface area contributed by atoms with E-state index in [9.17, 15) is 28.8 Å². The highest BCUT2D eigenvalue weighted by atomic mass is 16.5. The van der Waals surface area contributed by atoms with E-state index >= 15 is 38.4 Å². The zero-order valence-electron chi connectivity index (χ0n) is 68.5. The Kier molecular flexibility index (Phi) is 38.1. The molecule has 2 saturated heterocycles. The lowest BCUT2D eigenvalue weighted by molar-refractivity contribution is -0.154. The van der Waals surface area contributed by atoms with Crippen LogP contribution in [-0.4, -0.2) is 290 Å². The summed E-state index contributed by atoms with van der Waals surface area (Å²) in [6, 6.07) is -16.4. The number of carbonyl (C=O) groups is 14. The second-order valence-electron chi connectivity index (χ2n) is 32.1. The van der Waals surface area contributed by atoms with Crippen LogP contribution in [0.5, 0.6) is 0 Å². The van der Waals surface area contributed by atoms with Gasteiger partial charge in [-0.25, -0.2) is 4.79 Å². The van der Waals surface area contributed by atoms with Gasteiger partial charge in [0.1, 0.15) is 66.5 Å². The summed E-state index contributed by atoms with van der Waals surface area (Å²) in [6.45, 7) is 35.4. The molecule has 0 aromatic carbocycles. The third kappa shape index (κ3) is 26.7. The summed E-state index contributed by atoms with van der Waals surface area (Å²) in [4.78, 5) is 217. The highest BCUT2D eigenvalue weighted by Gasteiger charge is 2.48. The quantitative estimate of drug-likeness (QED) is 0.0631. The summed E-state index contributed by atoms with van der Waals surface area (Å²) < 4.78 is 10.3. The van der Waals surface area contributed by atoms with Gasteiger partial charge in [-0.1, -0.05) is 124 Å². The van der Waals surface area contributed by atoms with Crippen LogP contribution in [0.3, 0.4) is 0 Å². The molecule has 0 aromatic rings. The number of alkyl carbamates (subject to hydrolysis) is 1. The molecule has 0 radical (unpaired) electrons. The third-order valence-corrected chi connectivity index (χ3v) is 20.3. The van der Waals surface area contributed by atoms with Gasteiger partial charge in [-0.05, 0) is 101 Å². The molecule has 13 atom stereocenters. The topological polar surface area (TPSA) is 356 Å². The smallest absolute Gasteiger partial charge is 0.407 e. The first-order valence-electron chi connectivity index (χ1n) is 37.7. The molecule has 6 N–H and O–H groups in total. The van der Waals surface area contributed by atoms with E-state index in [4.69, 9.17) is 9.47 Å². The van der Waals surface area contributed by atoms with Gasteiger partial charge in [0.05, 0.1) is 20.3 Å². The van der Waals surface area contributed by atoms with Crippen molar-refractivity contribution in [3.63, 3.8) is 0 Å². The van der Waals surface area contributed by atoms with Gasteiger partial charge in [-0.2, -0.15) is 0 Å². The Labute approximate surface area is 626 Å². The second kappa shape index (κ2) is 42.7. The molecule has 0 aromatic heterocycles. The van der Waals surface area contributed by atoms with Crippen LogP contribution in [-0.2, 0) is 71.8 Å². The maximum absolute atomic E-state index is 15.5. The number of Topliss-reactive ketones (excluding diaryl/α,β-unsaturated/α-hetero) is 1. The molecule has 2 fully saturated rings. The molecular formula is C75H134N14O16. The average molecular weight is 1490 g/mol. The first-order chi connectivity index (χ1) is 48.6. The Balaban J connectivity index is 3.10. The molecule has 2 aliphatic heterocycles. The van der Waals surface area contributed by atoms with Gasteiger partial charge in [0, 0.05) is 80.3 Å². The van der Waals surface area contributed by atoms with Crippen molar-refractivity contribution in [1.29, 1.82) is 0 Å². The van der Waals surface area contributed by atoms with Crippen molar-refractivity contribution in [2.75, 3.05) is 95.8 Å². The predicted octanol–water partition coefficient (Wildman–Crippen LogP) is 3.27. The number of ether oxygens (including phenoxy) is 2. The predicted molar refractivity (Wildman–Crippen MR) is 400 cm³/mol. The number of rotatable bonds is 23. The van der Waals surface area contributed by atoms with Crippen molar-refractivity contribution in [1.82, 2.24) is 71.1 Å². The maximum Gasteiger partial charge on any atom is 0.407 e. The molecule has 0 bridgehead atoms. The zero-order chi connectivity index (χ0) is 80.7. The molecule has 0 unspecified atom stereocenters. The number of hydrogen-bond donors (Lipinski definition) is 6. The van der Waals surface area contributed by atoms with E-state index in [0.717, 1.165) is 49.4 Å². The summed E-state index contributed by atoms with van der Waals surface area (Å²) in [6.07, 6.45) is 1.85. The molecule has 2 rings (SSSR count). The number of amides is 13. The Morgan fingerprint density at radius 1 is 0.552 bits per heavy atom. The Hall–Kier alpha value is -7.50. The van der Waals surface area contributed by atoms with Crippen LogP contribution in [0.25, 0.3) is 0 Å². The number of likely N-dealkylation sites (N-methyl/N-ethyl adjacent to an activating group) is 7. The monoisotopic (exact) mass is 1490 g/mol. The van der Waals surface area contributed by atoms with Crippen molar-refractivity contribution in [2.24, 2.45) is 46.8 Å². The van der Waals surface area contributed by atoms with Gasteiger partial charge in [0.25, 0.3) is 5.91 Å². The average Bonchev–Trinajstić information content (AvgIpc) is 0.783. The van der Waals surface area contributed by atoms with Crippen molar-refractivity contribution in [3.05, 3.63) is 0 Å². The fourth-order valence-corrected chi connectivity index (χ4v) is 13.8. The van der Waals surface area contributed by atoms with Crippen molar-refractivity contribution >= 4 is 82.8 Å². The van der Waals surface area contributed by atoms with E-state index in [0.29, 0.717) is 26.1 Å². The number of unbranched alkanes of at least 4 members (excludes halogenated alkanes) is 2. The first-order valence-corrected chi connectivity index (χ1v) is 37.7. The molecule has 105 heavy (non-hydrogen) atoms. The number of methoxy groups -OCH3 is 1. The molecular weight excluding hydrogens is 1350 g/mol. The largest absolute Gasteiger partial charge is 0.453 e. The highest BCUT2D eigenvalue weighted by molar-refractivity contribution is 6.10. The van der Waals surface area contributed by atoms with Crippen molar-refractivity contribution in [2.45, 2.75) is 255 Å². The summed E-state index contributed by atoms with van der Waals surface area (Å²) in [5.41, 5.74) is -1.45. The van der Waals surface area contributed by atoms with Crippen LogP contribution in [0.2, 0.25) is 0 Å². The Morgan fingerprint density at radius 2 is 1.06 bits per heavy atom. The molecule has 13 amide bonds. The summed E-state index contributed by atoms with van der Waals surface area (Å²) in [5.74, 6) is -13.1. The minimum absolute atomic E-state index is 0.0739. The van der Waals surface area contributed by atoms with Gasteiger partial charge in [0.15, 0.2) is 11.8 Å². The van der Waals surface area contributed by atoms with Crippen LogP contribution >= 0.6 is 0 Å². The number of nitrogens with one attached hydrogen (secondary N) is 6. The summed E-state index contributed by atoms with van der Waals surface area (Å²) >= 11 is 0. The van der Waals surface area contributed by atoms with Crippen molar-refractivity contribution in [3.8, 4) is 0 Å². The first kappa shape index (κ1) is 93.6. The summed E-state index contributed by atoms with van der Waals surface area (Å²) in [5, 5.41) is 16.2. The van der Waals surface area contributed by atoms with Gasteiger partial charge in [0.2, 0.25) is 65.0 Å². The van der Waals surface area contributed by atoms with E-state index in [-0.39, 0.29) is 50.0 Å². The van der Waals surface area contributed by atoms with Crippen LogP contribution in [0.15, 0.2) is 0 Å². The second-order valence-corrected chi connectivity index (χ2v) is 32.1. The van der Waals surface area contributed by atoms with Gasteiger partial charge < -0.3 is 75.7 Å². The third-order valence-electron chi connectivity index (χ3n) is 20.3. The number of ketones is 1. The Bertz CT molecular complexity index is 2970. The molecule has 600 valence electrons. The lowest BCUT2D eigenvalue weighted by atomic mass is 9.81. The fourth-order valence-electron chi connectivity index (χ4n) is 13.8. The van der Waals surface area contributed by atoms with Gasteiger partial charge >= 0.3 is 6.09 Å². The molecule has 30 nitrogen and oxygen atoms in total. The van der Waals surface area contributed by atoms with E-state index in [1.165, 1.54) is 94.6 Å². The van der Waals surface area contributed by atoms with Crippen molar-refractivity contribution < 1.29 is 76.6 Å². The van der Waals surface area contributed by atoms with Crippen LogP contribution in [0.4, 0.5) is 4.79 Å². The Morgan fingerprint density at radius 3 is 1.55 bits per heavy atom. The van der Waals surface area contributed by atoms with E-state index in [2.05, 4.69) is 36.8 Å². The molecule has 2 aliphatic rings. The standard InChI is InChI=1S/C75H134N14O16/c1-28-52-69(98)83(21)51(17)68(97)88(26)61(75(18,19)41-82(20)72(101)56(45(8)9)81-74(103)104-27)66(95)79-57(46(10)11)73(102)84(22)53(38-42(2)3)63(92)76-49(15)62(91)77-50(16)67(96)85(23)54(39-43(4)5)70(99)86(24)55(40-44(6)7)71(100)87(25)59(47(12)13)65(94)80-58(64(93)78-52)60(90)48(14)32-30-29-31-33-89-34-36-105-37-35-89/h42-59,61H,28-41H2,1-27H3,(H,76,92)(H,77,91)(H,78,93)(H,79,95)(H,80,94)(H,81,103)/t48-,49+,50-,51-,52+,53+,54+,55+,56+,57+,58+,59+,61-/m1/s1. The van der Waals surface area contributed by atoms with E-state index in [1.54, 1.807) is 69.2 Å². The molecule has 2 heterocycles. The van der Waals surface area contributed by atoms with Crippen LogP contribution in [0.1, 0.15) is 183 Å². The minimum Gasteiger partial charge on any atom is -0.453 e. The number of morpholine rings is 1. The summed E-state index contributed by atoms with van der Waals surface area (Å²) in [7, 11) is 10.9. The molecule has 0 aliphatic carbocycles. The van der Waals surface area contributed by atoms with Gasteiger partial charge in [-0.15, -0.1) is 0 Å². The van der Waals surface area contributed by atoms with Crippen LogP contribution in [0, 0.1) is 46.8 Å². The number of carbonyl (C=O) groups excluding carboxylic acids is 14. The highest BCUT2D eigenvalue weighted by Crippen LogP contribution is 2.30. The molecule has 30 heteroatoms. The lowest BCUT2D eigenvalue weighted by Gasteiger charge is -2.44. The lowest BCUT2D eigenvalue weighted by Crippen LogP contribution is -2.65. The number of nitrogens with zero attached hydrogens (tertiary/aromatic N) is 8. The van der Waals surface area contributed by atoms with E-state index < -0.39 is 184 Å². The normalized spacial score (nSPS) is 25.6. The van der Waals surface area contributed by atoms with E-state index in [1.807, 2.05) is 41.5 Å². The fraction of sp³-hybridized carbons (Fsp3) is 0.813. The minimum atomic E-state index is -1.92.